The van der Waals surface area contributed by atoms with Crippen LogP contribution in [0.1, 0.15) is 27.4 Å². The number of nitrogens with one attached hydrogen (secondary N) is 1. The Balaban J connectivity index is 1.80. The number of benzene rings is 2. The Bertz CT molecular complexity index is 1090. The molecular formula is C21H21N3O6. The molecule has 1 aromatic heterocycles. The van der Waals surface area contributed by atoms with E-state index in [4.69, 9.17) is 19.7 Å². The van der Waals surface area contributed by atoms with Crippen LogP contribution in [0.3, 0.4) is 0 Å². The highest BCUT2D eigenvalue weighted by molar-refractivity contribution is 5.99. The number of carbonyl (C=O) groups excluding carboxylic acids is 3. The monoisotopic (exact) mass is 411 g/mol. The van der Waals surface area contributed by atoms with E-state index in [0.717, 1.165) is 16.3 Å². The number of aryl methyl sites for hydroxylation is 2. The first-order valence-electron chi connectivity index (χ1n) is 9.14. The first-order chi connectivity index (χ1) is 14.3. The summed E-state index contributed by atoms with van der Waals surface area (Å²) >= 11 is 0. The molecule has 0 spiro atoms. The second kappa shape index (κ2) is 9.08. The SMILES string of the molecule is Cc1noc(C)c1COc1cc2ccccc2cc1C(=O)OCC(=O)NCC(N)=O. The fourth-order valence-corrected chi connectivity index (χ4v) is 2.80. The maximum atomic E-state index is 12.6. The lowest BCUT2D eigenvalue weighted by atomic mass is 10.1. The van der Waals surface area contributed by atoms with E-state index >= 15 is 0 Å². The van der Waals surface area contributed by atoms with Gasteiger partial charge in [0.2, 0.25) is 5.91 Å². The number of rotatable bonds is 8. The van der Waals surface area contributed by atoms with Crippen LogP contribution in [0, 0.1) is 13.8 Å². The normalized spacial score (nSPS) is 10.6. The zero-order chi connectivity index (χ0) is 21.7. The van der Waals surface area contributed by atoms with Crippen molar-refractivity contribution in [3.63, 3.8) is 0 Å². The fourth-order valence-electron chi connectivity index (χ4n) is 2.80. The number of nitrogens with two attached hydrogens (primary N) is 1. The minimum atomic E-state index is -0.733. The third kappa shape index (κ3) is 4.93. The second-order valence-electron chi connectivity index (χ2n) is 6.61. The van der Waals surface area contributed by atoms with Crippen molar-refractivity contribution >= 4 is 28.6 Å². The molecule has 0 saturated heterocycles. The van der Waals surface area contributed by atoms with Gasteiger partial charge >= 0.3 is 5.97 Å². The number of aromatic nitrogens is 1. The zero-order valence-electron chi connectivity index (χ0n) is 16.6. The summed E-state index contributed by atoms with van der Waals surface area (Å²) < 4.78 is 16.1. The number of nitrogens with zero attached hydrogens (tertiary/aromatic N) is 1. The average molecular weight is 411 g/mol. The van der Waals surface area contributed by atoms with Gasteiger partial charge in [0, 0.05) is 0 Å². The van der Waals surface area contributed by atoms with Crippen molar-refractivity contribution in [1.29, 1.82) is 0 Å². The summed E-state index contributed by atoms with van der Waals surface area (Å²) in [7, 11) is 0. The van der Waals surface area contributed by atoms with Crippen LogP contribution in [0.4, 0.5) is 0 Å². The Labute approximate surface area is 172 Å². The predicted molar refractivity (Wildman–Crippen MR) is 107 cm³/mol. The lowest BCUT2D eigenvalue weighted by molar-refractivity contribution is -0.127. The smallest absolute Gasteiger partial charge is 0.342 e. The Hall–Kier alpha value is -3.88. The molecule has 2 amide bonds. The molecule has 0 unspecified atom stereocenters. The molecule has 0 atom stereocenters. The van der Waals surface area contributed by atoms with Crippen LogP contribution in [-0.4, -0.2) is 36.1 Å². The highest BCUT2D eigenvalue weighted by atomic mass is 16.5. The number of fused-ring (bicyclic) bond motifs is 1. The number of carbonyl (C=O) groups is 3. The Morgan fingerprint density at radius 1 is 1.13 bits per heavy atom. The van der Waals surface area contributed by atoms with Crippen molar-refractivity contribution in [2.45, 2.75) is 20.5 Å². The predicted octanol–water partition coefficient (Wildman–Crippen LogP) is 1.78. The first kappa shape index (κ1) is 20.8. The van der Waals surface area contributed by atoms with E-state index < -0.39 is 24.4 Å². The minimum absolute atomic E-state index is 0.152. The van der Waals surface area contributed by atoms with Gasteiger partial charge in [-0.05, 0) is 36.8 Å². The Morgan fingerprint density at radius 2 is 1.83 bits per heavy atom. The maximum absolute atomic E-state index is 12.6. The molecule has 3 rings (SSSR count). The van der Waals surface area contributed by atoms with Gasteiger partial charge in [0.25, 0.3) is 5.91 Å². The van der Waals surface area contributed by atoms with Gasteiger partial charge in [-0.2, -0.15) is 0 Å². The highest BCUT2D eigenvalue weighted by Crippen LogP contribution is 2.28. The molecule has 156 valence electrons. The molecule has 0 aliphatic rings. The fraction of sp³-hybridized carbons (Fsp3) is 0.238. The number of hydrogen-bond donors (Lipinski definition) is 2. The summed E-state index contributed by atoms with van der Waals surface area (Å²) in [5.41, 5.74) is 6.62. The highest BCUT2D eigenvalue weighted by Gasteiger charge is 2.19. The number of esters is 1. The van der Waals surface area contributed by atoms with Crippen LogP contribution in [0.25, 0.3) is 10.8 Å². The summed E-state index contributed by atoms with van der Waals surface area (Å²) in [4.78, 5) is 35.1. The van der Waals surface area contributed by atoms with E-state index in [2.05, 4.69) is 10.5 Å². The van der Waals surface area contributed by atoms with Gasteiger partial charge in [0.05, 0.1) is 17.8 Å². The second-order valence-corrected chi connectivity index (χ2v) is 6.61. The first-order valence-corrected chi connectivity index (χ1v) is 9.14. The average Bonchev–Trinajstić information content (AvgIpc) is 3.05. The van der Waals surface area contributed by atoms with Crippen LogP contribution >= 0.6 is 0 Å². The van der Waals surface area contributed by atoms with Crippen LogP contribution in [0.2, 0.25) is 0 Å². The van der Waals surface area contributed by atoms with E-state index in [9.17, 15) is 14.4 Å². The summed E-state index contributed by atoms with van der Waals surface area (Å²) in [6, 6.07) is 10.8. The molecular weight excluding hydrogens is 390 g/mol. The van der Waals surface area contributed by atoms with Crippen molar-refractivity contribution in [2.24, 2.45) is 5.73 Å². The van der Waals surface area contributed by atoms with Gasteiger partial charge < -0.3 is 25.0 Å². The molecule has 9 nitrogen and oxygen atoms in total. The summed E-state index contributed by atoms with van der Waals surface area (Å²) in [5.74, 6) is -1.14. The van der Waals surface area contributed by atoms with E-state index in [1.165, 1.54) is 0 Å². The van der Waals surface area contributed by atoms with Gasteiger partial charge in [-0.25, -0.2) is 4.79 Å². The molecule has 0 bridgehead atoms. The van der Waals surface area contributed by atoms with Crippen LogP contribution < -0.4 is 15.8 Å². The van der Waals surface area contributed by atoms with Crippen molar-refractivity contribution in [3.05, 3.63) is 59.0 Å². The van der Waals surface area contributed by atoms with Crippen LogP contribution in [0.15, 0.2) is 40.9 Å². The third-order valence-electron chi connectivity index (χ3n) is 4.42. The molecule has 0 aliphatic carbocycles. The van der Waals surface area contributed by atoms with Crippen molar-refractivity contribution in [1.82, 2.24) is 10.5 Å². The number of ether oxygens (including phenoxy) is 2. The molecule has 0 aliphatic heterocycles. The van der Waals surface area contributed by atoms with Gasteiger partial charge in [-0.1, -0.05) is 29.4 Å². The van der Waals surface area contributed by atoms with Gasteiger partial charge in [0.1, 0.15) is 23.7 Å². The topological polar surface area (TPSA) is 134 Å². The quantitative estimate of drug-likeness (QED) is 0.540. The number of hydrogen-bond acceptors (Lipinski definition) is 7. The van der Waals surface area contributed by atoms with E-state index in [1.54, 1.807) is 26.0 Å². The molecule has 0 saturated carbocycles. The Kier molecular flexibility index (Phi) is 6.31. The van der Waals surface area contributed by atoms with Crippen molar-refractivity contribution in [2.75, 3.05) is 13.2 Å². The molecule has 0 radical (unpaired) electrons. The van der Waals surface area contributed by atoms with E-state index in [-0.39, 0.29) is 18.7 Å². The lowest BCUT2D eigenvalue weighted by Crippen LogP contribution is -2.36. The molecule has 9 heteroatoms. The number of amides is 2. The Morgan fingerprint density at radius 3 is 2.47 bits per heavy atom. The molecule has 0 fully saturated rings. The van der Waals surface area contributed by atoms with Crippen LogP contribution in [0.5, 0.6) is 5.75 Å². The van der Waals surface area contributed by atoms with Gasteiger partial charge in [-0.15, -0.1) is 0 Å². The summed E-state index contributed by atoms with van der Waals surface area (Å²) in [6.45, 7) is 2.84. The van der Waals surface area contributed by atoms with Crippen molar-refractivity contribution in [3.8, 4) is 5.75 Å². The number of primary amides is 1. The zero-order valence-corrected chi connectivity index (χ0v) is 16.6. The van der Waals surface area contributed by atoms with E-state index in [0.29, 0.717) is 17.2 Å². The van der Waals surface area contributed by atoms with Crippen LogP contribution in [-0.2, 0) is 20.9 Å². The minimum Gasteiger partial charge on any atom is -0.488 e. The third-order valence-corrected chi connectivity index (χ3v) is 4.42. The van der Waals surface area contributed by atoms with Gasteiger partial charge in [0.15, 0.2) is 6.61 Å². The molecule has 30 heavy (non-hydrogen) atoms. The molecule has 1 heterocycles. The van der Waals surface area contributed by atoms with Gasteiger partial charge in [-0.3, -0.25) is 9.59 Å². The summed E-state index contributed by atoms with van der Waals surface area (Å²) in [5, 5.41) is 7.83. The van der Waals surface area contributed by atoms with Crippen molar-refractivity contribution < 1.29 is 28.4 Å². The summed E-state index contributed by atoms with van der Waals surface area (Å²) in [6.07, 6.45) is 0. The molecule has 3 N–H and O–H groups in total. The largest absolute Gasteiger partial charge is 0.488 e. The molecule has 2 aromatic carbocycles. The van der Waals surface area contributed by atoms with E-state index in [1.807, 2.05) is 24.3 Å². The maximum Gasteiger partial charge on any atom is 0.342 e. The standard InChI is InChI=1S/C21H21N3O6/c1-12-17(13(2)30-24-12)10-28-18-8-15-6-4-3-5-14(15)7-16(18)21(27)29-11-20(26)23-9-19(22)25/h3-8H,9-11H2,1-2H3,(H2,22,25)(H,23,26). The molecule has 3 aromatic rings. The lowest BCUT2D eigenvalue weighted by Gasteiger charge is -2.13.